The molecule has 0 spiro atoms. The largest absolute Gasteiger partial charge is 0.478 e. The second-order valence-corrected chi connectivity index (χ2v) is 5.45. The van der Waals surface area contributed by atoms with Gasteiger partial charge in [-0.25, -0.2) is 9.59 Å². The summed E-state index contributed by atoms with van der Waals surface area (Å²) in [6.07, 6.45) is 2.30. The number of anilines is 1. The van der Waals surface area contributed by atoms with Crippen LogP contribution in [-0.2, 0) is 0 Å². The van der Waals surface area contributed by atoms with Crippen LogP contribution >= 0.6 is 0 Å². The summed E-state index contributed by atoms with van der Waals surface area (Å²) in [6, 6.07) is 4.49. The van der Waals surface area contributed by atoms with E-state index < -0.39 is 5.97 Å². The summed E-state index contributed by atoms with van der Waals surface area (Å²) in [5.74, 6) is -0.963. The average molecular weight is 262 g/mol. The zero-order valence-corrected chi connectivity index (χ0v) is 11.1. The molecule has 5 nitrogen and oxygen atoms in total. The van der Waals surface area contributed by atoms with Gasteiger partial charge in [0.2, 0.25) is 0 Å². The molecule has 0 heterocycles. The minimum atomic E-state index is -0.963. The predicted octanol–water partition coefficient (Wildman–Crippen LogP) is 2.61. The van der Waals surface area contributed by atoms with Crippen LogP contribution in [-0.4, -0.2) is 23.7 Å². The number of hydrogen-bond acceptors (Lipinski definition) is 2. The Kier molecular flexibility index (Phi) is 3.46. The zero-order valence-electron chi connectivity index (χ0n) is 11.1. The third-order valence-electron chi connectivity index (χ3n) is 3.49. The first-order valence-corrected chi connectivity index (χ1v) is 6.28. The van der Waals surface area contributed by atoms with Crippen molar-refractivity contribution in [3.05, 3.63) is 29.3 Å². The van der Waals surface area contributed by atoms with Crippen molar-refractivity contribution in [2.75, 3.05) is 11.9 Å². The maximum atomic E-state index is 11.7. The minimum absolute atomic E-state index is 0.247. The number of carboxylic acids is 1. The smallest absolute Gasteiger partial charge is 0.335 e. The number of carbonyl (C=O) groups excluding carboxylic acids is 1. The summed E-state index contributed by atoms with van der Waals surface area (Å²) in [6.45, 7) is 4.52. The maximum Gasteiger partial charge on any atom is 0.335 e. The first-order valence-electron chi connectivity index (χ1n) is 6.28. The molecule has 2 rings (SSSR count). The SMILES string of the molecule is Cc1cc(NC(=O)NCC2(C)CC2)ccc1C(=O)O. The van der Waals surface area contributed by atoms with E-state index in [9.17, 15) is 9.59 Å². The van der Waals surface area contributed by atoms with Crippen LogP contribution < -0.4 is 10.6 Å². The number of aromatic carboxylic acids is 1. The summed E-state index contributed by atoms with van der Waals surface area (Å²) < 4.78 is 0. The number of carbonyl (C=O) groups is 2. The quantitative estimate of drug-likeness (QED) is 0.780. The first-order chi connectivity index (χ1) is 8.89. The number of nitrogens with one attached hydrogen (secondary N) is 2. The highest BCUT2D eigenvalue weighted by Crippen LogP contribution is 2.43. The maximum absolute atomic E-state index is 11.7. The Balaban J connectivity index is 1.93. The number of benzene rings is 1. The Bertz CT molecular complexity index is 521. The van der Waals surface area contributed by atoms with Gasteiger partial charge in [0.25, 0.3) is 0 Å². The molecule has 0 unspecified atom stereocenters. The molecule has 1 aliphatic rings. The van der Waals surface area contributed by atoms with E-state index in [2.05, 4.69) is 17.6 Å². The molecule has 1 fully saturated rings. The van der Waals surface area contributed by atoms with Gasteiger partial charge in [0.15, 0.2) is 0 Å². The van der Waals surface area contributed by atoms with Gasteiger partial charge >= 0.3 is 12.0 Å². The zero-order chi connectivity index (χ0) is 14.0. The standard InChI is InChI=1S/C14H18N2O3/c1-9-7-10(3-4-11(9)12(17)18)16-13(19)15-8-14(2)5-6-14/h3-4,7H,5-6,8H2,1-2H3,(H,17,18)(H2,15,16,19). The van der Waals surface area contributed by atoms with Crippen molar-refractivity contribution in [1.29, 1.82) is 0 Å². The van der Waals surface area contributed by atoms with Gasteiger partial charge < -0.3 is 15.7 Å². The molecule has 0 bridgehead atoms. The number of aryl methyl sites for hydroxylation is 1. The highest BCUT2D eigenvalue weighted by molar-refractivity contribution is 5.92. The van der Waals surface area contributed by atoms with Gasteiger partial charge in [0.05, 0.1) is 5.56 Å². The van der Waals surface area contributed by atoms with Crippen LogP contribution in [0.5, 0.6) is 0 Å². The van der Waals surface area contributed by atoms with E-state index in [1.807, 2.05) is 0 Å². The van der Waals surface area contributed by atoms with E-state index in [-0.39, 0.29) is 17.0 Å². The molecule has 0 saturated heterocycles. The number of hydrogen-bond donors (Lipinski definition) is 3. The third-order valence-corrected chi connectivity index (χ3v) is 3.49. The number of urea groups is 1. The van der Waals surface area contributed by atoms with Gasteiger partial charge in [-0.3, -0.25) is 0 Å². The van der Waals surface area contributed by atoms with Crippen LogP contribution in [0.1, 0.15) is 35.7 Å². The molecular weight excluding hydrogens is 244 g/mol. The van der Waals surface area contributed by atoms with E-state index in [4.69, 9.17) is 5.11 Å². The fraction of sp³-hybridized carbons (Fsp3) is 0.429. The number of carboxylic acid groups (broad SMARTS) is 1. The van der Waals surface area contributed by atoms with Gasteiger partial charge in [0.1, 0.15) is 0 Å². The second-order valence-electron chi connectivity index (χ2n) is 5.45. The normalized spacial score (nSPS) is 15.7. The molecule has 1 saturated carbocycles. The van der Waals surface area contributed by atoms with E-state index in [0.29, 0.717) is 17.8 Å². The molecule has 19 heavy (non-hydrogen) atoms. The van der Waals surface area contributed by atoms with E-state index in [0.717, 1.165) is 12.8 Å². The highest BCUT2D eigenvalue weighted by Gasteiger charge is 2.37. The van der Waals surface area contributed by atoms with Crippen LogP contribution in [0.25, 0.3) is 0 Å². The fourth-order valence-corrected chi connectivity index (χ4v) is 1.84. The Labute approximate surface area is 112 Å². The van der Waals surface area contributed by atoms with Gasteiger partial charge in [0, 0.05) is 12.2 Å². The van der Waals surface area contributed by atoms with Gasteiger partial charge in [-0.15, -0.1) is 0 Å². The summed E-state index contributed by atoms with van der Waals surface area (Å²) in [5.41, 5.74) is 1.73. The van der Waals surface area contributed by atoms with Crippen molar-refractivity contribution in [3.63, 3.8) is 0 Å². The topological polar surface area (TPSA) is 78.4 Å². The molecule has 1 aliphatic carbocycles. The lowest BCUT2D eigenvalue weighted by Crippen LogP contribution is -2.32. The Morgan fingerprint density at radius 3 is 2.58 bits per heavy atom. The van der Waals surface area contributed by atoms with Crippen molar-refractivity contribution in [1.82, 2.24) is 5.32 Å². The lowest BCUT2D eigenvalue weighted by Gasteiger charge is -2.12. The summed E-state index contributed by atoms with van der Waals surface area (Å²) in [5, 5.41) is 14.4. The first kappa shape index (κ1) is 13.4. The van der Waals surface area contributed by atoms with E-state index in [1.54, 1.807) is 19.1 Å². The minimum Gasteiger partial charge on any atom is -0.478 e. The molecule has 2 amide bonds. The number of rotatable bonds is 4. The highest BCUT2D eigenvalue weighted by atomic mass is 16.4. The molecule has 0 atom stereocenters. The molecule has 102 valence electrons. The molecule has 5 heteroatoms. The molecule has 1 aromatic rings. The summed E-state index contributed by atoms with van der Waals surface area (Å²) in [4.78, 5) is 22.6. The van der Waals surface area contributed by atoms with E-state index >= 15 is 0 Å². The van der Waals surface area contributed by atoms with Gasteiger partial charge in [-0.2, -0.15) is 0 Å². The van der Waals surface area contributed by atoms with Crippen LogP contribution in [0.15, 0.2) is 18.2 Å². The number of amides is 2. The third kappa shape index (κ3) is 3.47. The van der Waals surface area contributed by atoms with Crippen molar-refractivity contribution in [2.24, 2.45) is 5.41 Å². The molecule has 3 N–H and O–H groups in total. The lowest BCUT2D eigenvalue weighted by atomic mass is 10.1. The van der Waals surface area contributed by atoms with Crippen LogP contribution in [0.4, 0.5) is 10.5 Å². The molecule has 1 aromatic carbocycles. The molecule has 0 radical (unpaired) electrons. The Morgan fingerprint density at radius 2 is 2.05 bits per heavy atom. The average Bonchev–Trinajstić information content (AvgIpc) is 3.05. The van der Waals surface area contributed by atoms with Crippen LogP contribution in [0, 0.1) is 12.3 Å². The molecule has 0 aromatic heterocycles. The van der Waals surface area contributed by atoms with Gasteiger partial charge in [-0.1, -0.05) is 6.92 Å². The van der Waals surface area contributed by atoms with Crippen molar-refractivity contribution < 1.29 is 14.7 Å². The monoisotopic (exact) mass is 262 g/mol. The molecule has 0 aliphatic heterocycles. The lowest BCUT2D eigenvalue weighted by molar-refractivity contribution is 0.0696. The Hall–Kier alpha value is -2.04. The summed E-state index contributed by atoms with van der Waals surface area (Å²) in [7, 11) is 0. The van der Waals surface area contributed by atoms with Crippen molar-refractivity contribution >= 4 is 17.7 Å². The second kappa shape index (κ2) is 4.91. The van der Waals surface area contributed by atoms with Gasteiger partial charge in [-0.05, 0) is 48.9 Å². The fourth-order valence-electron chi connectivity index (χ4n) is 1.84. The van der Waals surface area contributed by atoms with Crippen LogP contribution in [0.3, 0.4) is 0 Å². The van der Waals surface area contributed by atoms with Crippen molar-refractivity contribution in [3.8, 4) is 0 Å². The van der Waals surface area contributed by atoms with Crippen molar-refractivity contribution in [2.45, 2.75) is 26.7 Å². The Morgan fingerprint density at radius 1 is 1.37 bits per heavy atom. The van der Waals surface area contributed by atoms with Crippen LogP contribution in [0.2, 0.25) is 0 Å². The van der Waals surface area contributed by atoms with E-state index in [1.165, 1.54) is 6.07 Å². The molecular formula is C14H18N2O3. The predicted molar refractivity (Wildman–Crippen MR) is 72.5 cm³/mol. The summed E-state index contributed by atoms with van der Waals surface area (Å²) >= 11 is 0.